The number of methoxy groups -OCH3 is 1. The molecule has 106 valence electrons. The van der Waals surface area contributed by atoms with E-state index in [0.717, 1.165) is 41.9 Å². The smallest absolute Gasteiger partial charge is 0.165 e. The Morgan fingerprint density at radius 3 is 2.90 bits per heavy atom. The Hall–Kier alpha value is -1.81. The number of aliphatic hydroxyl groups is 1. The van der Waals surface area contributed by atoms with Crippen molar-refractivity contribution < 1.29 is 14.2 Å². The number of fused-ring (bicyclic) bond motifs is 1. The van der Waals surface area contributed by atoms with Gasteiger partial charge in [-0.05, 0) is 44.4 Å². The van der Waals surface area contributed by atoms with Gasteiger partial charge in [-0.2, -0.15) is 0 Å². The van der Waals surface area contributed by atoms with Crippen LogP contribution in [0, 0.1) is 12.7 Å². The first-order valence-corrected chi connectivity index (χ1v) is 6.85. The summed E-state index contributed by atoms with van der Waals surface area (Å²) in [5.41, 5.74) is 4.03. The van der Waals surface area contributed by atoms with Crippen LogP contribution in [-0.2, 0) is 6.42 Å². The number of aryl methyl sites for hydroxylation is 1. The van der Waals surface area contributed by atoms with Crippen molar-refractivity contribution in [1.29, 1.82) is 0 Å². The molecule has 1 aliphatic carbocycles. The molecular formula is C16H18FNO2. The van der Waals surface area contributed by atoms with Gasteiger partial charge in [0.25, 0.3) is 0 Å². The highest BCUT2D eigenvalue weighted by molar-refractivity contribution is 5.46. The van der Waals surface area contributed by atoms with Crippen LogP contribution in [0.25, 0.3) is 5.69 Å². The molecule has 0 spiro atoms. The summed E-state index contributed by atoms with van der Waals surface area (Å²) in [7, 11) is 1.46. The summed E-state index contributed by atoms with van der Waals surface area (Å²) in [6, 6.07) is 6.88. The molecule has 0 radical (unpaired) electrons. The van der Waals surface area contributed by atoms with Crippen molar-refractivity contribution in [2.75, 3.05) is 7.11 Å². The Morgan fingerprint density at radius 2 is 2.15 bits per heavy atom. The fourth-order valence-electron chi connectivity index (χ4n) is 3.02. The fraction of sp³-hybridized carbons (Fsp3) is 0.375. The minimum Gasteiger partial charge on any atom is -0.494 e. The van der Waals surface area contributed by atoms with E-state index in [1.807, 2.05) is 13.0 Å². The molecule has 0 saturated heterocycles. The van der Waals surface area contributed by atoms with Gasteiger partial charge >= 0.3 is 0 Å². The van der Waals surface area contributed by atoms with E-state index in [9.17, 15) is 9.50 Å². The lowest BCUT2D eigenvalue weighted by molar-refractivity contribution is 0.156. The highest BCUT2D eigenvalue weighted by Gasteiger charge is 2.24. The van der Waals surface area contributed by atoms with Crippen molar-refractivity contribution in [3.05, 3.63) is 47.0 Å². The van der Waals surface area contributed by atoms with Crippen LogP contribution in [0.3, 0.4) is 0 Å². The van der Waals surface area contributed by atoms with E-state index >= 15 is 0 Å². The third-order valence-corrected chi connectivity index (χ3v) is 3.96. The average Bonchev–Trinajstić information content (AvgIpc) is 2.77. The topological polar surface area (TPSA) is 34.4 Å². The lowest BCUT2D eigenvalue weighted by Gasteiger charge is -2.20. The second-order valence-corrected chi connectivity index (χ2v) is 5.25. The first-order chi connectivity index (χ1) is 9.61. The molecule has 0 saturated carbocycles. The molecule has 0 fully saturated rings. The van der Waals surface area contributed by atoms with E-state index in [2.05, 4.69) is 4.57 Å². The van der Waals surface area contributed by atoms with Crippen molar-refractivity contribution >= 4 is 0 Å². The Bertz CT molecular complexity index is 648. The quantitative estimate of drug-likeness (QED) is 0.912. The van der Waals surface area contributed by atoms with Crippen LogP contribution in [0.15, 0.2) is 24.3 Å². The van der Waals surface area contributed by atoms with Crippen molar-refractivity contribution in [1.82, 2.24) is 4.57 Å². The minimum absolute atomic E-state index is 0.237. The molecule has 4 heteroatoms. The third-order valence-electron chi connectivity index (χ3n) is 3.96. The molecule has 1 aliphatic rings. The van der Waals surface area contributed by atoms with Gasteiger partial charge in [-0.25, -0.2) is 4.39 Å². The second-order valence-electron chi connectivity index (χ2n) is 5.25. The average molecular weight is 275 g/mol. The maximum absolute atomic E-state index is 13.5. The summed E-state index contributed by atoms with van der Waals surface area (Å²) >= 11 is 0. The molecule has 1 N–H and O–H groups in total. The highest BCUT2D eigenvalue weighted by atomic mass is 19.1. The van der Waals surface area contributed by atoms with E-state index in [0.29, 0.717) is 0 Å². The molecule has 0 amide bonds. The van der Waals surface area contributed by atoms with Gasteiger partial charge < -0.3 is 14.4 Å². The Morgan fingerprint density at radius 1 is 1.35 bits per heavy atom. The predicted molar refractivity (Wildman–Crippen MR) is 74.9 cm³/mol. The number of ether oxygens (including phenoxy) is 1. The van der Waals surface area contributed by atoms with Crippen LogP contribution < -0.4 is 4.74 Å². The number of aliphatic hydroxyl groups excluding tert-OH is 1. The summed E-state index contributed by atoms with van der Waals surface area (Å²) in [4.78, 5) is 0. The van der Waals surface area contributed by atoms with Crippen LogP contribution in [0.2, 0.25) is 0 Å². The Balaban J connectivity index is 2.15. The van der Waals surface area contributed by atoms with Gasteiger partial charge in [0.15, 0.2) is 11.6 Å². The summed E-state index contributed by atoms with van der Waals surface area (Å²) < 4.78 is 20.7. The number of benzene rings is 1. The van der Waals surface area contributed by atoms with E-state index in [1.54, 1.807) is 12.1 Å². The standard InChI is InChI=1S/C16H18FNO2/c1-10-8-12-14(4-3-5-15(12)19)18(10)11-6-7-13(17)16(9-11)20-2/h6-9,15,19H,3-5H2,1-2H3. The van der Waals surface area contributed by atoms with E-state index < -0.39 is 0 Å². The molecule has 0 aliphatic heterocycles. The summed E-state index contributed by atoms with van der Waals surface area (Å²) in [6.45, 7) is 2.00. The zero-order valence-electron chi connectivity index (χ0n) is 11.7. The molecule has 3 nitrogen and oxygen atoms in total. The predicted octanol–water partition coefficient (Wildman–Crippen LogP) is 3.30. The molecule has 2 aromatic rings. The third kappa shape index (κ3) is 2.00. The molecule has 1 heterocycles. The minimum atomic E-state index is -0.388. The fourth-order valence-corrected chi connectivity index (χ4v) is 3.02. The monoisotopic (exact) mass is 275 g/mol. The zero-order chi connectivity index (χ0) is 14.3. The number of hydrogen-bond donors (Lipinski definition) is 1. The molecule has 20 heavy (non-hydrogen) atoms. The van der Waals surface area contributed by atoms with Gasteiger partial charge in [-0.15, -0.1) is 0 Å². The molecule has 0 bridgehead atoms. The molecule has 3 rings (SSSR count). The molecule has 1 atom stereocenters. The zero-order valence-corrected chi connectivity index (χ0v) is 11.7. The van der Waals surface area contributed by atoms with Gasteiger partial charge in [0.2, 0.25) is 0 Å². The van der Waals surface area contributed by atoms with Gasteiger partial charge in [0, 0.05) is 28.7 Å². The van der Waals surface area contributed by atoms with Crippen molar-refractivity contribution in [3.63, 3.8) is 0 Å². The maximum Gasteiger partial charge on any atom is 0.165 e. The van der Waals surface area contributed by atoms with Gasteiger partial charge in [-0.1, -0.05) is 0 Å². The van der Waals surface area contributed by atoms with Gasteiger partial charge in [0.1, 0.15) is 0 Å². The van der Waals surface area contributed by atoms with Crippen molar-refractivity contribution in [2.45, 2.75) is 32.3 Å². The first-order valence-electron chi connectivity index (χ1n) is 6.85. The maximum atomic E-state index is 13.5. The molecule has 1 aromatic carbocycles. The molecular weight excluding hydrogens is 257 g/mol. The van der Waals surface area contributed by atoms with Crippen molar-refractivity contribution in [2.24, 2.45) is 0 Å². The molecule has 1 unspecified atom stereocenters. The Kier molecular flexibility index (Phi) is 3.26. The van der Waals surface area contributed by atoms with Crippen LogP contribution in [0.4, 0.5) is 4.39 Å². The lowest BCUT2D eigenvalue weighted by Crippen LogP contribution is -2.11. The van der Waals surface area contributed by atoms with Gasteiger partial charge in [0.05, 0.1) is 13.2 Å². The Labute approximate surface area is 117 Å². The summed E-state index contributed by atoms with van der Waals surface area (Å²) in [5, 5.41) is 10.1. The first kappa shape index (κ1) is 13.2. The van der Waals surface area contributed by atoms with Crippen LogP contribution in [-0.4, -0.2) is 16.8 Å². The number of hydrogen-bond acceptors (Lipinski definition) is 2. The van der Waals surface area contributed by atoms with Crippen molar-refractivity contribution in [3.8, 4) is 11.4 Å². The summed E-state index contributed by atoms with van der Waals surface area (Å²) in [5.74, 6) is -0.129. The second kappa shape index (κ2) is 4.94. The number of rotatable bonds is 2. The number of halogens is 1. The van der Waals surface area contributed by atoms with E-state index in [4.69, 9.17) is 4.74 Å². The number of nitrogens with zero attached hydrogens (tertiary/aromatic N) is 1. The normalized spacial score (nSPS) is 17.9. The number of aromatic nitrogens is 1. The van der Waals surface area contributed by atoms with Crippen LogP contribution in [0.1, 0.15) is 35.9 Å². The SMILES string of the molecule is COc1cc(-n2c(C)cc3c2CCCC3O)ccc1F. The highest BCUT2D eigenvalue weighted by Crippen LogP contribution is 2.34. The lowest BCUT2D eigenvalue weighted by atomic mass is 9.95. The van der Waals surface area contributed by atoms with E-state index in [1.165, 1.54) is 13.2 Å². The van der Waals surface area contributed by atoms with Gasteiger partial charge in [-0.3, -0.25) is 0 Å². The van der Waals surface area contributed by atoms with Crippen LogP contribution >= 0.6 is 0 Å². The van der Waals surface area contributed by atoms with Crippen LogP contribution in [0.5, 0.6) is 5.75 Å². The summed E-state index contributed by atoms with van der Waals surface area (Å²) in [6.07, 6.45) is 2.32. The largest absolute Gasteiger partial charge is 0.494 e. The molecule has 1 aromatic heterocycles. The van der Waals surface area contributed by atoms with E-state index in [-0.39, 0.29) is 17.7 Å².